The Labute approximate surface area is 157 Å². The van der Waals surface area contributed by atoms with Crippen LogP contribution in [0, 0.1) is 11.8 Å². The van der Waals surface area contributed by atoms with Gasteiger partial charge >= 0.3 is 0 Å². The van der Waals surface area contributed by atoms with Crippen LogP contribution in [0.25, 0.3) is 27.6 Å². The Morgan fingerprint density at radius 1 is 1.11 bits per heavy atom. The summed E-state index contributed by atoms with van der Waals surface area (Å²) in [6, 6.07) is 9.98. The van der Waals surface area contributed by atoms with Crippen LogP contribution in [-0.2, 0) is 0 Å². The molecule has 1 aliphatic carbocycles. The van der Waals surface area contributed by atoms with E-state index < -0.39 is 5.60 Å². The number of aromatic nitrogens is 4. The molecule has 0 unspecified atom stereocenters. The summed E-state index contributed by atoms with van der Waals surface area (Å²) in [5, 5.41) is 17.4. The number of nitrogens with one attached hydrogen (secondary N) is 1. The standard InChI is InChI=1S/C22H20N4O/c27-22(9-2-1-3-10-22)11-6-16-4-5-17-15-26(25-19(17)14-16)20-8-13-24-21-18(20)7-12-23-21/h4-5,7-8,12-15,27H,1-3,9-10H2,(H,23,24). The van der Waals surface area contributed by atoms with Crippen LogP contribution in [0.4, 0.5) is 0 Å². The molecule has 1 fully saturated rings. The maximum atomic E-state index is 10.6. The smallest absolute Gasteiger partial charge is 0.139 e. The summed E-state index contributed by atoms with van der Waals surface area (Å²) < 4.78 is 1.88. The molecule has 5 nitrogen and oxygen atoms in total. The van der Waals surface area contributed by atoms with Gasteiger partial charge in [0.05, 0.1) is 11.2 Å². The summed E-state index contributed by atoms with van der Waals surface area (Å²) in [7, 11) is 0. The van der Waals surface area contributed by atoms with Crippen LogP contribution in [0.5, 0.6) is 0 Å². The molecule has 3 aromatic heterocycles. The highest BCUT2D eigenvalue weighted by atomic mass is 16.3. The Kier molecular flexibility index (Phi) is 3.73. The molecule has 134 valence electrons. The second-order valence-corrected chi connectivity index (χ2v) is 7.26. The van der Waals surface area contributed by atoms with Crippen LogP contribution in [0.1, 0.15) is 37.7 Å². The van der Waals surface area contributed by atoms with Gasteiger partial charge in [0.1, 0.15) is 11.2 Å². The Morgan fingerprint density at radius 3 is 2.89 bits per heavy atom. The second kappa shape index (κ2) is 6.26. The number of benzene rings is 1. The van der Waals surface area contributed by atoms with E-state index in [2.05, 4.69) is 21.8 Å². The van der Waals surface area contributed by atoms with Crippen LogP contribution in [0.3, 0.4) is 0 Å². The number of rotatable bonds is 1. The Balaban J connectivity index is 1.51. The number of H-pyrrole nitrogens is 1. The van der Waals surface area contributed by atoms with Gasteiger partial charge in [-0.3, -0.25) is 0 Å². The second-order valence-electron chi connectivity index (χ2n) is 7.26. The summed E-state index contributed by atoms with van der Waals surface area (Å²) in [5.41, 5.74) is 2.77. The van der Waals surface area contributed by atoms with Crippen molar-refractivity contribution in [3.05, 3.63) is 54.5 Å². The first-order valence-corrected chi connectivity index (χ1v) is 9.38. The molecule has 5 heteroatoms. The Bertz CT molecular complexity index is 1190. The third kappa shape index (κ3) is 2.98. The number of aromatic amines is 1. The topological polar surface area (TPSA) is 66.7 Å². The molecule has 0 aliphatic heterocycles. The minimum absolute atomic E-state index is 0.769. The lowest BCUT2D eigenvalue weighted by atomic mass is 9.85. The monoisotopic (exact) mass is 356 g/mol. The quantitative estimate of drug-likeness (QED) is 0.508. The average molecular weight is 356 g/mol. The molecule has 1 saturated carbocycles. The van der Waals surface area contributed by atoms with Gasteiger partial charge in [-0.25, -0.2) is 9.67 Å². The van der Waals surface area contributed by atoms with Crippen LogP contribution >= 0.6 is 0 Å². The number of hydrogen-bond donors (Lipinski definition) is 2. The number of hydrogen-bond acceptors (Lipinski definition) is 3. The molecular weight excluding hydrogens is 336 g/mol. The highest BCUT2D eigenvalue weighted by Gasteiger charge is 2.26. The molecule has 0 spiro atoms. The largest absolute Gasteiger partial charge is 0.378 e. The van der Waals surface area contributed by atoms with Crippen molar-refractivity contribution in [1.82, 2.24) is 19.7 Å². The zero-order valence-corrected chi connectivity index (χ0v) is 14.9. The normalized spacial score (nSPS) is 16.3. The first kappa shape index (κ1) is 16.1. The zero-order chi connectivity index (χ0) is 18.3. The highest BCUT2D eigenvalue weighted by molar-refractivity contribution is 5.86. The van der Waals surface area contributed by atoms with E-state index in [1.54, 1.807) is 6.20 Å². The van der Waals surface area contributed by atoms with Crippen molar-refractivity contribution in [2.24, 2.45) is 0 Å². The third-order valence-corrected chi connectivity index (χ3v) is 5.31. The van der Waals surface area contributed by atoms with Crippen molar-refractivity contribution in [1.29, 1.82) is 0 Å². The van der Waals surface area contributed by atoms with E-state index >= 15 is 0 Å². The third-order valence-electron chi connectivity index (χ3n) is 5.31. The van der Waals surface area contributed by atoms with E-state index in [-0.39, 0.29) is 0 Å². The van der Waals surface area contributed by atoms with E-state index in [0.29, 0.717) is 0 Å². The lowest BCUT2D eigenvalue weighted by molar-refractivity contribution is 0.0610. The van der Waals surface area contributed by atoms with Crippen LogP contribution in [0.2, 0.25) is 0 Å². The first-order valence-electron chi connectivity index (χ1n) is 9.38. The number of pyridine rings is 1. The summed E-state index contributed by atoms with van der Waals surface area (Å²) in [6.45, 7) is 0. The molecule has 0 atom stereocenters. The Hall–Kier alpha value is -3.10. The SMILES string of the molecule is OC1(C#Cc2ccc3cn(-c4ccnc5[nH]ccc45)nc3c2)CCCCC1. The van der Waals surface area contributed by atoms with E-state index in [4.69, 9.17) is 5.10 Å². The maximum absolute atomic E-state index is 10.6. The molecule has 0 saturated heterocycles. The molecular formula is C22H20N4O. The number of nitrogens with zero attached hydrogens (tertiary/aromatic N) is 3. The molecule has 4 aromatic rings. The molecule has 27 heavy (non-hydrogen) atoms. The molecule has 0 radical (unpaired) electrons. The van der Waals surface area contributed by atoms with Crippen LogP contribution in [-0.4, -0.2) is 30.5 Å². The van der Waals surface area contributed by atoms with Crippen LogP contribution in [0.15, 0.2) is 48.9 Å². The molecule has 0 amide bonds. The summed E-state index contributed by atoms with van der Waals surface area (Å²) >= 11 is 0. The van der Waals surface area contributed by atoms with Gasteiger partial charge in [-0.2, -0.15) is 5.10 Å². The van der Waals surface area contributed by atoms with Crippen molar-refractivity contribution in [3.8, 4) is 17.5 Å². The first-order chi connectivity index (χ1) is 13.2. The minimum atomic E-state index is -0.830. The van der Waals surface area contributed by atoms with E-state index in [1.165, 1.54) is 6.42 Å². The number of aliphatic hydroxyl groups is 1. The molecule has 1 aromatic carbocycles. The fraction of sp³-hybridized carbons (Fsp3) is 0.273. The molecule has 2 N–H and O–H groups in total. The van der Waals surface area contributed by atoms with Gasteiger partial charge in [-0.05, 0) is 56.0 Å². The van der Waals surface area contributed by atoms with Crippen molar-refractivity contribution in [2.75, 3.05) is 0 Å². The van der Waals surface area contributed by atoms with Crippen LogP contribution < -0.4 is 0 Å². The van der Waals surface area contributed by atoms with Crippen molar-refractivity contribution in [2.45, 2.75) is 37.7 Å². The lowest BCUT2D eigenvalue weighted by Gasteiger charge is -2.26. The zero-order valence-electron chi connectivity index (χ0n) is 14.9. The van der Waals surface area contributed by atoms with Crippen molar-refractivity contribution < 1.29 is 5.11 Å². The summed E-state index contributed by atoms with van der Waals surface area (Å²) in [5.74, 6) is 6.25. The van der Waals surface area contributed by atoms with E-state index in [1.807, 2.05) is 47.4 Å². The van der Waals surface area contributed by atoms with Crippen molar-refractivity contribution in [3.63, 3.8) is 0 Å². The number of fused-ring (bicyclic) bond motifs is 2. The minimum Gasteiger partial charge on any atom is -0.378 e. The molecule has 5 rings (SSSR count). The van der Waals surface area contributed by atoms with Gasteiger partial charge in [-0.15, -0.1) is 0 Å². The van der Waals surface area contributed by atoms with Gasteiger partial charge in [0.25, 0.3) is 0 Å². The van der Waals surface area contributed by atoms with Gasteiger partial charge < -0.3 is 10.1 Å². The Morgan fingerprint density at radius 2 is 2.00 bits per heavy atom. The van der Waals surface area contributed by atoms with Gasteiger partial charge in [-0.1, -0.05) is 18.3 Å². The van der Waals surface area contributed by atoms with Gasteiger partial charge in [0.2, 0.25) is 0 Å². The highest BCUT2D eigenvalue weighted by Crippen LogP contribution is 2.27. The van der Waals surface area contributed by atoms with Crippen molar-refractivity contribution >= 4 is 21.9 Å². The fourth-order valence-electron chi connectivity index (χ4n) is 3.81. The predicted molar refractivity (Wildman–Crippen MR) is 106 cm³/mol. The average Bonchev–Trinajstić information content (AvgIpc) is 3.33. The lowest BCUT2D eigenvalue weighted by Crippen LogP contribution is -2.29. The molecule has 1 aliphatic rings. The predicted octanol–water partition coefficient (Wildman–Crippen LogP) is 3.95. The summed E-state index contributed by atoms with van der Waals surface area (Å²) in [6.07, 6.45) is 10.5. The van der Waals surface area contributed by atoms with E-state index in [0.717, 1.165) is 58.9 Å². The molecule has 0 bridgehead atoms. The molecule has 3 heterocycles. The van der Waals surface area contributed by atoms with Gasteiger partial charge in [0.15, 0.2) is 0 Å². The maximum Gasteiger partial charge on any atom is 0.139 e. The van der Waals surface area contributed by atoms with E-state index in [9.17, 15) is 5.11 Å². The summed E-state index contributed by atoms with van der Waals surface area (Å²) in [4.78, 5) is 7.46. The fourth-order valence-corrected chi connectivity index (χ4v) is 3.81. The van der Waals surface area contributed by atoms with Gasteiger partial charge in [0, 0.05) is 34.9 Å².